The summed E-state index contributed by atoms with van der Waals surface area (Å²) in [5.41, 5.74) is 0.893. The van der Waals surface area contributed by atoms with Gasteiger partial charge in [-0.25, -0.2) is 13.2 Å². The fourth-order valence-electron chi connectivity index (χ4n) is 2.38. The van der Waals surface area contributed by atoms with Gasteiger partial charge in [-0.3, -0.25) is 4.68 Å². The molecule has 0 unspecified atom stereocenters. The van der Waals surface area contributed by atoms with Gasteiger partial charge in [0.05, 0.1) is 23.2 Å². The first-order valence-electron chi connectivity index (χ1n) is 5.52. The molecule has 2 aliphatic rings. The Labute approximate surface area is 98.2 Å². The van der Waals surface area contributed by atoms with Gasteiger partial charge in [-0.05, 0) is 19.3 Å². The molecule has 1 aromatic rings. The van der Waals surface area contributed by atoms with Gasteiger partial charge in [-0.1, -0.05) is 0 Å². The fourth-order valence-corrected chi connectivity index (χ4v) is 3.88. The summed E-state index contributed by atoms with van der Waals surface area (Å²) >= 11 is 0. The summed E-state index contributed by atoms with van der Waals surface area (Å²) in [5.74, 6) is -1.39. The largest absolute Gasteiger partial charge is 0.477 e. The molecule has 7 heteroatoms. The summed E-state index contributed by atoms with van der Waals surface area (Å²) in [7, 11) is -3.19. The van der Waals surface area contributed by atoms with Crippen molar-refractivity contribution < 1.29 is 18.3 Å². The van der Waals surface area contributed by atoms with Gasteiger partial charge in [0, 0.05) is 5.56 Å². The molecule has 0 atom stereocenters. The summed E-state index contributed by atoms with van der Waals surface area (Å²) in [4.78, 5) is 11.2. The maximum Gasteiger partial charge on any atom is 0.354 e. The maximum atomic E-state index is 11.4. The van der Waals surface area contributed by atoms with E-state index < -0.39 is 15.8 Å². The normalized spacial score (nSPS) is 22.1. The maximum absolute atomic E-state index is 11.4. The molecule has 1 aliphatic carbocycles. The highest BCUT2D eigenvalue weighted by Crippen LogP contribution is 2.36. The molecule has 0 radical (unpaired) electrons. The van der Waals surface area contributed by atoms with Crippen LogP contribution >= 0.6 is 0 Å². The molecule has 0 saturated heterocycles. The molecule has 1 fully saturated rings. The lowest BCUT2D eigenvalue weighted by Crippen LogP contribution is -2.23. The summed E-state index contributed by atoms with van der Waals surface area (Å²) in [5, 5.41) is 13.4. The minimum Gasteiger partial charge on any atom is -0.477 e. The monoisotopic (exact) mass is 256 g/mol. The van der Waals surface area contributed by atoms with Gasteiger partial charge < -0.3 is 5.11 Å². The second-order valence-corrected chi connectivity index (χ2v) is 6.71. The minimum atomic E-state index is -3.19. The van der Waals surface area contributed by atoms with Crippen LogP contribution in [0.1, 0.15) is 47.1 Å². The molecule has 0 bridgehead atoms. The Balaban J connectivity index is 2.12. The van der Waals surface area contributed by atoms with Crippen molar-refractivity contribution in [3.8, 4) is 0 Å². The van der Waals surface area contributed by atoms with Gasteiger partial charge in [-0.15, -0.1) is 0 Å². The fraction of sp³-hybridized carbons (Fsp3) is 0.600. The Morgan fingerprint density at radius 3 is 2.59 bits per heavy atom. The molecule has 6 nitrogen and oxygen atoms in total. The number of carbonyl (C=O) groups is 1. The van der Waals surface area contributed by atoms with Crippen molar-refractivity contribution in [2.45, 2.75) is 36.8 Å². The number of hydrogen-bond donors (Lipinski definition) is 1. The molecule has 1 N–H and O–H groups in total. The van der Waals surface area contributed by atoms with Gasteiger partial charge >= 0.3 is 5.97 Å². The van der Waals surface area contributed by atoms with Crippen molar-refractivity contribution >= 4 is 15.8 Å². The molecule has 92 valence electrons. The lowest BCUT2D eigenvalue weighted by molar-refractivity contribution is 0.0674. The summed E-state index contributed by atoms with van der Waals surface area (Å²) in [6.45, 7) is 0. The van der Waals surface area contributed by atoms with E-state index in [9.17, 15) is 18.3 Å². The molecule has 3 rings (SSSR count). The van der Waals surface area contributed by atoms with Crippen LogP contribution < -0.4 is 0 Å². The highest BCUT2D eigenvalue weighted by Gasteiger charge is 2.37. The van der Waals surface area contributed by atoms with Gasteiger partial charge in [-0.2, -0.15) is 5.10 Å². The number of carboxylic acids is 1. The third kappa shape index (κ3) is 1.56. The molecule has 1 aromatic heterocycles. The van der Waals surface area contributed by atoms with E-state index >= 15 is 0 Å². The van der Waals surface area contributed by atoms with Crippen LogP contribution in [0.2, 0.25) is 0 Å². The van der Waals surface area contributed by atoms with E-state index in [1.54, 1.807) is 0 Å². The first kappa shape index (κ1) is 10.8. The zero-order valence-electron chi connectivity index (χ0n) is 9.09. The molecule has 0 spiro atoms. The van der Waals surface area contributed by atoms with Gasteiger partial charge in [0.2, 0.25) is 0 Å². The van der Waals surface area contributed by atoms with Crippen molar-refractivity contribution in [2.24, 2.45) is 0 Å². The summed E-state index contributed by atoms with van der Waals surface area (Å²) < 4.78 is 24.4. The van der Waals surface area contributed by atoms with Crippen molar-refractivity contribution in [2.75, 3.05) is 0 Å². The quantitative estimate of drug-likeness (QED) is 0.842. The van der Waals surface area contributed by atoms with E-state index in [2.05, 4.69) is 5.10 Å². The van der Waals surface area contributed by atoms with Crippen molar-refractivity contribution in [3.05, 3.63) is 17.0 Å². The van der Waals surface area contributed by atoms with E-state index in [1.807, 2.05) is 0 Å². The van der Waals surface area contributed by atoms with E-state index in [1.165, 1.54) is 4.68 Å². The predicted octanol–water partition coefficient (Wildman–Crippen LogP) is 0.735. The van der Waals surface area contributed by atoms with Crippen LogP contribution in [0, 0.1) is 0 Å². The SMILES string of the molecule is O=C(O)c1c2c(nn1C1CCC1)CS(=O)(=O)C2. The Hall–Kier alpha value is -1.37. The van der Waals surface area contributed by atoms with Crippen molar-refractivity contribution in [1.29, 1.82) is 0 Å². The Morgan fingerprint density at radius 1 is 1.35 bits per heavy atom. The first-order valence-corrected chi connectivity index (χ1v) is 7.34. The van der Waals surface area contributed by atoms with Crippen LogP contribution in [0.25, 0.3) is 0 Å². The van der Waals surface area contributed by atoms with Crippen LogP contribution in [0.15, 0.2) is 0 Å². The number of hydrogen-bond acceptors (Lipinski definition) is 4. The van der Waals surface area contributed by atoms with Crippen LogP contribution in [0.5, 0.6) is 0 Å². The first-order chi connectivity index (χ1) is 7.98. The molecule has 1 saturated carbocycles. The van der Waals surface area contributed by atoms with E-state index in [0.717, 1.165) is 19.3 Å². The number of sulfone groups is 1. The van der Waals surface area contributed by atoms with Crippen molar-refractivity contribution in [3.63, 3.8) is 0 Å². The number of rotatable bonds is 2. The Morgan fingerprint density at radius 2 is 2.06 bits per heavy atom. The van der Waals surface area contributed by atoms with E-state index in [4.69, 9.17) is 0 Å². The van der Waals surface area contributed by atoms with Crippen LogP contribution in [0.3, 0.4) is 0 Å². The number of fused-ring (bicyclic) bond motifs is 1. The Bertz CT molecular complexity index is 598. The topological polar surface area (TPSA) is 89.3 Å². The lowest BCUT2D eigenvalue weighted by Gasteiger charge is -2.26. The lowest BCUT2D eigenvalue weighted by atomic mass is 9.93. The van der Waals surface area contributed by atoms with Crippen LogP contribution in [-0.4, -0.2) is 29.3 Å². The smallest absolute Gasteiger partial charge is 0.354 e. The number of aromatic nitrogens is 2. The van der Waals surface area contributed by atoms with Gasteiger partial charge in [0.1, 0.15) is 0 Å². The highest BCUT2D eigenvalue weighted by atomic mass is 32.2. The molecule has 0 amide bonds. The number of nitrogens with zero attached hydrogens (tertiary/aromatic N) is 2. The molecular weight excluding hydrogens is 244 g/mol. The third-order valence-corrected chi connectivity index (χ3v) is 4.88. The Kier molecular flexibility index (Phi) is 2.10. The number of carboxylic acid groups (broad SMARTS) is 1. The highest BCUT2D eigenvalue weighted by molar-refractivity contribution is 7.90. The van der Waals surface area contributed by atoms with Gasteiger partial charge in [0.25, 0.3) is 0 Å². The van der Waals surface area contributed by atoms with E-state index in [-0.39, 0.29) is 23.2 Å². The standard InChI is InChI=1S/C10H12N2O4S/c13-10(14)9-7-4-17(15,16)5-8(7)11-12(9)6-2-1-3-6/h6H,1-5H2,(H,13,14). The molecule has 17 heavy (non-hydrogen) atoms. The van der Waals surface area contributed by atoms with E-state index in [0.29, 0.717) is 11.3 Å². The molecule has 1 aliphatic heterocycles. The van der Waals surface area contributed by atoms with Crippen molar-refractivity contribution in [1.82, 2.24) is 9.78 Å². The molecule has 0 aromatic carbocycles. The average molecular weight is 256 g/mol. The second kappa shape index (κ2) is 3.32. The number of aromatic carboxylic acids is 1. The predicted molar refractivity (Wildman–Crippen MR) is 58.4 cm³/mol. The third-order valence-electron chi connectivity index (χ3n) is 3.44. The van der Waals surface area contributed by atoms with Gasteiger partial charge in [0.15, 0.2) is 15.5 Å². The average Bonchev–Trinajstić information content (AvgIpc) is 2.51. The zero-order valence-corrected chi connectivity index (χ0v) is 9.90. The zero-order chi connectivity index (χ0) is 12.2. The molecule has 2 heterocycles. The van der Waals surface area contributed by atoms with Crippen LogP contribution in [-0.2, 0) is 21.3 Å². The summed E-state index contributed by atoms with van der Waals surface area (Å²) in [6.07, 6.45) is 2.92. The molecular formula is C10H12N2O4S. The van der Waals surface area contributed by atoms with Crippen LogP contribution in [0.4, 0.5) is 0 Å². The minimum absolute atomic E-state index is 0.0748. The summed E-state index contributed by atoms with van der Waals surface area (Å²) in [6, 6.07) is 0.134. The second-order valence-electron chi connectivity index (χ2n) is 4.64.